The lowest BCUT2D eigenvalue weighted by Crippen LogP contribution is -2.17. The van der Waals surface area contributed by atoms with Gasteiger partial charge in [-0.2, -0.15) is 0 Å². The Bertz CT molecular complexity index is 1120. The Hall–Kier alpha value is -3.44. The molecular formula is C17H17N8O2S-. The summed E-state index contributed by atoms with van der Waals surface area (Å²) in [5.74, 6) is 0.0807. The zero-order valence-corrected chi connectivity index (χ0v) is 16.2. The third kappa shape index (κ3) is 4.10. The molecule has 10 nitrogen and oxygen atoms in total. The number of sulfonamides is 1. The Labute approximate surface area is 163 Å². The number of imidazole rings is 1. The monoisotopic (exact) mass is 397 g/mol. The molecule has 0 atom stereocenters. The van der Waals surface area contributed by atoms with Gasteiger partial charge in [-0.25, -0.2) is 13.0 Å². The molecule has 0 bridgehead atoms. The van der Waals surface area contributed by atoms with Crippen molar-refractivity contribution in [1.29, 1.82) is 0 Å². The lowest BCUT2D eigenvalue weighted by molar-refractivity contribution is 0.609. The molecule has 0 amide bonds. The van der Waals surface area contributed by atoms with Crippen LogP contribution in [0.15, 0.2) is 28.4 Å². The lowest BCUT2D eigenvalue weighted by atomic mass is 10.2. The average Bonchev–Trinajstić information content (AvgIpc) is 3.27. The van der Waals surface area contributed by atoms with Gasteiger partial charge in [0.1, 0.15) is 0 Å². The Morgan fingerprint density at radius 2 is 1.89 bits per heavy atom. The first-order valence-electron chi connectivity index (χ1n) is 8.38. The molecule has 144 valence electrons. The molecule has 1 aliphatic heterocycles. The fourth-order valence-corrected chi connectivity index (χ4v) is 3.38. The fourth-order valence-electron chi connectivity index (χ4n) is 2.87. The average molecular weight is 397 g/mol. The number of rotatable bonds is 5. The van der Waals surface area contributed by atoms with Gasteiger partial charge in [0.15, 0.2) is 0 Å². The number of anilines is 1. The van der Waals surface area contributed by atoms with Crippen molar-refractivity contribution in [3.63, 3.8) is 0 Å². The summed E-state index contributed by atoms with van der Waals surface area (Å²) in [6.07, 6.45) is 3.19. The molecule has 3 rings (SSSR count). The maximum Gasteiger partial charge on any atom is 0.416 e. The molecule has 0 radical (unpaired) electrons. The molecule has 1 aromatic carbocycles. The van der Waals surface area contributed by atoms with E-state index in [2.05, 4.69) is 34.5 Å². The van der Waals surface area contributed by atoms with Crippen molar-refractivity contribution < 1.29 is 8.42 Å². The van der Waals surface area contributed by atoms with Gasteiger partial charge in [0.05, 0.1) is 22.8 Å². The van der Waals surface area contributed by atoms with Crippen LogP contribution in [-0.2, 0) is 17.1 Å². The van der Waals surface area contributed by atoms with E-state index >= 15 is 0 Å². The van der Waals surface area contributed by atoms with Crippen LogP contribution in [0.4, 0.5) is 34.6 Å². The smallest absolute Gasteiger partial charge is 0.416 e. The Morgan fingerprint density at radius 1 is 1.18 bits per heavy atom. The van der Waals surface area contributed by atoms with Gasteiger partial charge in [-0.1, -0.05) is 35.0 Å². The van der Waals surface area contributed by atoms with Crippen LogP contribution >= 0.6 is 0 Å². The molecule has 1 fully saturated rings. The van der Waals surface area contributed by atoms with E-state index in [9.17, 15) is 8.42 Å². The molecular weight excluding hydrogens is 380 g/mol. The van der Waals surface area contributed by atoms with E-state index in [1.54, 1.807) is 19.2 Å². The molecule has 0 unspecified atom stereocenters. The highest BCUT2D eigenvalue weighted by Crippen LogP contribution is 2.39. The van der Waals surface area contributed by atoms with Crippen molar-refractivity contribution in [3.05, 3.63) is 45.8 Å². The summed E-state index contributed by atoms with van der Waals surface area (Å²) in [6, 6.07) is 5.17. The Kier molecular flexibility index (Phi) is 5.29. The second-order valence-corrected chi connectivity index (χ2v) is 7.88. The molecule has 11 heteroatoms. The van der Waals surface area contributed by atoms with Crippen LogP contribution in [0.25, 0.3) is 14.4 Å². The van der Waals surface area contributed by atoms with Crippen molar-refractivity contribution in [3.8, 4) is 0 Å². The largest absolute Gasteiger partial charge is 0.575 e. The van der Waals surface area contributed by atoms with Crippen LogP contribution in [0.2, 0.25) is 0 Å². The van der Waals surface area contributed by atoms with Crippen molar-refractivity contribution in [1.82, 2.24) is 9.55 Å². The van der Waals surface area contributed by atoms with E-state index in [1.807, 2.05) is 6.07 Å². The third-order valence-corrected chi connectivity index (χ3v) is 4.71. The maximum atomic E-state index is 11.7. The molecule has 1 aliphatic rings. The number of aromatic nitrogens is 2. The van der Waals surface area contributed by atoms with Crippen LogP contribution in [-0.4, -0.2) is 37.3 Å². The molecule has 0 aliphatic carbocycles. The maximum absolute atomic E-state index is 11.7. The Balaban J connectivity index is 1.99. The number of benzene rings is 1. The van der Waals surface area contributed by atoms with E-state index in [0.29, 0.717) is 0 Å². The van der Waals surface area contributed by atoms with E-state index in [1.165, 1.54) is 4.57 Å². The van der Waals surface area contributed by atoms with Gasteiger partial charge in [-0.3, -0.25) is 0 Å². The van der Waals surface area contributed by atoms with Gasteiger partial charge in [0.25, 0.3) is 11.6 Å². The van der Waals surface area contributed by atoms with Gasteiger partial charge in [-0.05, 0) is 25.0 Å². The van der Waals surface area contributed by atoms with Crippen molar-refractivity contribution in [2.75, 3.05) is 24.2 Å². The summed E-state index contributed by atoms with van der Waals surface area (Å²) in [5, 5.41) is 8.06. The number of hydrogen-bond acceptors (Lipinski definition) is 6. The van der Waals surface area contributed by atoms with Crippen LogP contribution in [0.3, 0.4) is 0 Å². The van der Waals surface area contributed by atoms with Gasteiger partial charge in [0, 0.05) is 25.0 Å². The molecule has 1 saturated heterocycles. The van der Waals surface area contributed by atoms with Gasteiger partial charge >= 0.3 is 5.95 Å². The van der Waals surface area contributed by atoms with E-state index < -0.39 is 10.0 Å². The lowest BCUT2D eigenvalue weighted by Gasteiger charge is -2.24. The van der Waals surface area contributed by atoms with Crippen LogP contribution in [0, 0.1) is 13.1 Å². The second-order valence-electron chi connectivity index (χ2n) is 6.23. The predicted octanol–water partition coefficient (Wildman–Crippen LogP) is 4.50. The summed E-state index contributed by atoms with van der Waals surface area (Å²) in [4.78, 5) is 12.6. The summed E-state index contributed by atoms with van der Waals surface area (Å²) in [6.45, 7) is 16.0. The molecule has 2 aromatic rings. The van der Waals surface area contributed by atoms with Crippen molar-refractivity contribution in [2.24, 2.45) is 17.3 Å². The number of nitrogens with zero attached hydrogens (tertiary/aromatic N) is 8. The summed E-state index contributed by atoms with van der Waals surface area (Å²) in [7, 11) is -2.08. The zero-order chi connectivity index (χ0) is 20.3. The molecule has 0 spiro atoms. The highest BCUT2D eigenvalue weighted by Gasteiger charge is 2.19. The second kappa shape index (κ2) is 7.66. The Morgan fingerprint density at radius 3 is 2.46 bits per heavy atom. The molecule has 0 N–H and O–H groups in total. The first-order chi connectivity index (χ1) is 13.3. The van der Waals surface area contributed by atoms with Gasteiger partial charge < -0.3 is 19.3 Å². The molecule has 1 aromatic heterocycles. The minimum Gasteiger partial charge on any atom is -0.575 e. The van der Waals surface area contributed by atoms with Crippen LogP contribution < -0.4 is 4.90 Å². The first-order valence-corrected chi connectivity index (χ1v) is 10.2. The summed E-state index contributed by atoms with van der Waals surface area (Å²) < 4.78 is 28.5. The normalized spacial score (nSPS) is 14.2. The highest BCUT2D eigenvalue weighted by molar-refractivity contribution is 7.93. The minimum atomic E-state index is -3.64. The van der Waals surface area contributed by atoms with E-state index in [-0.39, 0.29) is 29.0 Å². The SMILES string of the molecule is [C-]#[N+]c1nc(N=Nc2ccc(N3CCCC3)cc2[N-]S(C)(=O)=O)n(C)c1[N+]#[C-]. The minimum absolute atomic E-state index is 0.0584. The van der Waals surface area contributed by atoms with E-state index in [4.69, 9.17) is 13.1 Å². The predicted molar refractivity (Wildman–Crippen MR) is 106 cm³/mol. The van der Waals surface area contributed by atoms with E-state index in [0.717, 1.165) is 37.9 Å². The first kappa shape index (κ1) is 19.3. The third-order valence-electron chi connectivity index (χ3n) is 4.18. The van der Waals surface area contributed by atoms with Crippen molar-refractivity contribution in [2.45, 2.75) is 12.8 Å². The van der Waals surface area contributed by atoms with Crippen molar-refractivity contribution >= 4 is 44.7 Å². The summed E-state index contributed by atoms with van der Waals surface area (Å²) >= 11 is 0. The summed E-state index contributed by atoms with van der Waals surface area (Å²) in [5.41, 5.74) is 1.31. The quantitative estimate of drug-likeness (QED) is 0.547. The fraction of sp³-hybridized carbons (Fsp3) is 0.353. The topological polar surface area (TPSA) is 103 Å². The molecule has 2 heterocycles. The number of hydrogen-bond donors (Lipinski definition) is 0. The molecule has 28 heavy (non-hydrogen) atoms. The number of azo groups is 1. The highest BCUT2D eigenvalue weighted by atomic mass is 32.2. The standard InChI is InChI=1S/C17H17N8O2S/c1-18-15-16(19-2)24(3)17(20-15)22-21-13-8-7-12(25-9-5-6-10-25)11-14(13)23-28(4,26)27/h7-8,11H,5-6,9-10H2,3-4H3/q-1. The van der Waals surface area contributed by atoms with Crippen LogP contribution in [0.1, 0.15) is 12.8 Å². The van der Waals surface area contributed by atoms with Gasteiger partial charge in [-0.15, -0.1) is 5.11 Å². The van der Waals surface area contributed by atoms with Gasteiger partial charge in [0.2, 0.25) is 0 Å². The zero-order valence-electron chi connectivity index (χ0n) is 15.4. The van der Waals surface area contributed by atoms with Crippen LogP contribution in [0.5, 0.6) is 0 Å². The molecule has 0 saturated carbocycles.